The Bertz CT molecular complexity index is 486. The van der Waals surface area contributed by atoms with E-state index < -0.39 is 18.0 Å². The number of aliphatic carboxylic acids is 1. The molecule has 0 spiro atoms. The van der Waals surface area contributed by atoms with Crippen LogP contribution in [0.25, 0.3) is 0 Å². The smallest absolute Gasteiger partial charge is 0.326 e. The standard InChI is InChI=1S/C13H19N3O3/c1-7(2)11(12(17)18)16-13(19)15-10-6-5-8(3)14-9(10)4/h5-7,11H,1-4H3,(H,17,18)(H2,15,16,19)/t11-/m1/s1. The maximum Gasteiger partial charge on any atom is 0.326 e. The van der Waals surface area contributed by atoms with E-state index in [0.717, 1.165) is 5.69 Å². The molecule has 2 amide bonds. The van der Waals surface area contributed by atoms with Gasteiger partial charge in [-0.2, -0.15) is 0 Å². The Balaban J connectivity index is 2.72. The zero-order valence-electron chi connectivity index (χ0n) is 11.5. The normalized spacial score (nSPS) is 12.1. The number of pyridine rings is 1. The maximum absolute atomic E-state index is 11.8. The number of rotatable bonds is 4. The summed E-state index contributed by atoms with van der Waals surface area (Å²) in [7, 11) is 0. The number of hydrogen-bond acceptors (Lipinski definition) is 3. The van der Waals surface area contributed by atoms with Gasteiger partial charge >= 0.3 is 12.0 Å². The van der Waals surface area contributed by atoms with Crippen molar-refractivity contribution in [2.24, 2.45) is 5.92 Å². The third-order valence-corrected chi connectivity index (χ3v) is 2.69. The highest BCUT2D eigenvalue weighted by atomic mass is 16.4. The van der Waals surface area contributed by atoms with Crippen LogP contribution in [0.1, 0.15) is 25.2 Å². The molecule has 1 atom stereocenters. The number of carboxylic acids is 1. The molecule has 0 aliphatic heterocycles. The van der Waals surface area contributed by atoms with Crippen molar-refractivity contribution in [3.8, 4) is 0 Å². The van der Waals surface area contributed by atoms with Crippen molar-refractivity contribution in [2.75, 3.05) is 5.32 Å². The van der Waals surface area contributed by atoms with Gasteiger partial charge in [-0.05, 0) is 31.9 Å². The van der Waals surface area contributed by atoms with Crippen molar-refractivity contribution in [1.29, 1.82) is 0 Å². The predicted molar refractivity (Wildman–Crippen MR) is 72.1 cm³/mol. The molecule has 1 aromatic heterocycles. The van der Waals surface area contributed by atoms with E-state index in [9.17, 15) is 9.59 Å². The van der Waals surface area contributed by atoms with E-state index in [1.165, 1.54) is 0 Å². The van der Waals surface area contributed by atoms with Gasteiger partial charge in [-0.1, -0.05) is 13.8 Å². The van der Waals surface area contributed by atoms with Crippen molar-refractivity contribution < 1.29 is 14.7 Å². The number of carboxylic acid groups (broad SMARTS) is 1. The molecule has 6 nitrogen and oxygen atoms in total. The molecule has 0 aliphatic carbocycles. The van der Waals surface area contributed by atoms with Crippen molar-refractivity contribution in [3.05, 3.63) is 23.5 Å². The molecule has 0 fully saturated rings. The number of aromatic nitrogens is 1. The number of nitrogens with zero attached hydrogens (tertiary/aromatic N) is 1. The van der Waals surface area contributed by atoms with Crippen LogP contribution in [0.3, 0.4) is 0 Å². The van der Waals surface area contributed by atoms with E-state index >= 15 is 0 Å². The van der Waals surface area contributed by atoms with E-state index in [1.54, 1.807) is 32.9 Å². The van der Waals surface area contributed by atoms with Crippen LogP contribution in [0.4, 0.5) is 10.5 Å². The molecule has 19 heavy (non-hydrogen) atoms. The Morgan fingerprint density at radius 2 is 1.89 bits per heavy atom. The van der Waals surface area contributed by atoms with E-state index in [2.05, 4.69) is 15.6 Å². The molecule has 3 N–H and O–H groups in total. The Morgan fingerprint density at radius 3 is 2.37 bits per heavy atom. The molecule has 1 heterocycles. The highest BCUT2D eigenvalue weighted by Gasteiger charge is 2.23. The lowest BCUT2D eigenvalue weighted by Gasteiger charge is -2.18. The van der Waals surface area contributed by atoms with Gasteiger partial charge in [0.2, 0.25) is 0 Å². The summed E-state index contributed by atoms with van der Waals surface area (Å²) in [6, 6.07) is 2.05. The molecule has 6 heteroatoms. The highest BCUT2D eigenvalue weighted by molar-refractivity contribution is 5.92. The van der Waals surface area contributed by atoms with Crippen molar-refractivity contribution in [2.45, 2.75) is 33.7 Å². The molecule has 1 aromatic rings. The summed E-state index contributed by atoms with van der Waals surface area (Å²) in [6.07, 6.45) is 0. The summed E-state index contributed by atoms with van der Waals surface area (Å²) < 4.78 is 0. The van der Waals surface area contributed by atoms with Crippen LogP contribution >= 0.6 is 0 Å². The Kier molecular flexibility index (Phi) is 4.86. The maximum atomic E-state index is 11.8. The van der Waals surface area contributed by atoms with Crippen LogP contribution in [-0.4, -0.2) is 28.1 Å². The van der Waals surface area contributed by atoms with Crippen molar-refractivity contribution >= 4 is 17.7 Å². The van der Waals surface area contributed by atoms with Crippen LogP contribution < -0.4 is 10.6 Å². The van der Waals surface area contributed by atoms with E-state index in [-0.39, 0.29) is 5.92 Å². The first-order valence-electron chi connectivity index (χ1n) is 6.06. The van der Waals surface area contributed by atoms with Gasteiger partial charge in [-0.3, -0.25) is 4.98 Å². The Morgan fingerprint density at radius 1 is 1.26 bits per heavy atom. The molecule has 104 valence electrons. The van der Waals surface area contributed by atoms with Gasteiger partial charge in [0.05, 0.1) is 11.4 Å². The SMILES string of the molecule is Cc1ccc(NC(=O)N[C@@H](C(=O)O)C(C)C)c(C)n1. The molecule has 0 saturated carbocycles. The molecule has 1 rings (SSSR count). The third-order valence-electron chi connectivity index (χ3n) is 2.69. The fraction of sp³-hybridized carbons (Fsp3) is 0.462. The van der Waals surface area contributed by atoms with Gasteiger partial charge in [-0.15, -0.1) is 0 Å². The summed E-state index contributed by atoms with van der Waals surface area (Å²) in [5, 5.41) is 14.0. The summed E-state index contributed by atoms with van der Waals surface area (Å²) in [4.78, 5) is 27.0. The van der Waals surface area contributed by atoms with Gasteiger partial charge in [0, 0.05) is 5.69 Å². The topological polar surface area (TPSA) is 91.3 Å². The molecule has 0 aliphatic rings. The molecular weight excluding hydrogens is 246 g/mol. The van der Waals surface area contributed by atoms with E-state index in [1.807, 2.05) is 6.92 Å². The number of anilines is 1. The van der Waals surface area contributed by atoms with Gasteiger partial charge in [0.1, 0.15) is 6.04 Å². The van der Waals surface area contributed by atoms with Gasteiger partial charge < -0.3 is 15.7 Å². The quantitative estimate of drug-likeness (QED) is 0.775. The minimum Gasteiger partial charge on any atom is -0.480 e. The second-order valence-corrected chi connectivity index (χ2v) is 4.74. The lowest BCUT2D eigenvalue weighted by Crippen LogP contribution is -2.46. The van der Waals surface area contributed by atoms with Gasteiger partial charge in [-0.25, -0.2) is 9.59 Å². The van der Waals surface area contributed by atoms with Crippen LogP contribution in [-0.2, 0) is 4.79 Å². The van der Waals surface area contributed by atoms with Crippen LogP contribution in [0.15, 0.2) is 12.1 Å². The number of amides is 2. The fourth-order valence-corrected chi connectivity index (χ4v) is 1.63. The zero-order chi connectivity index (χ0) is 14.6. The molecule has 0 radical (unpaired) electrons. The second-order valence-electron chi connectivity index (χ2n) is 4.74. The lowest BCUT2D eigenvalue weighted by atomic mass is 10.1. The molecule has 0 bridgehead atoms. The van der Waals surface area contributed by atoms with Crippen molar-refractivity contribution in [3.63, 3.8) is 0 Å². The number of hydrogen-bond donors (Lipinski definition) is 3. The first kappa shape index (κ1) is 14.9. The van der Waals surface area contributed by atoms with Crippen LogP contribution in [0, 0.1) is 19.8 Å². The molecular formula is C13H19N3O3. The van der Waals surface area contributed by atoms with E-state index in [4.69, 9.17) is 5.11 Å². The van der Waals surface area contributed by atoms with Gasteiger partial charge in [0.25, 0.3) is 0 Å². The average molecular weight is 265 g/mol. The van der Waals surface area contributed by atoms with Crippen molar-refractivity contribution in [1.82, 2.24) is 10.3 Å². The Labute approximate surface area is 112 Å². The monoisotopic (exact) mass is 265 g/mol. The minimum absolute atomic E-state index is 0.194. The first-order valence-corrected chi connectivity index (χ1v) is 6.06. The summed E-state index contributed by atoms with van der Waals surface area (Å²) in [6.45, 7) is 7.10. The molecule has 0 saturated heterocycles. The summed E-state index contributed by atoms with van der Waals surface area (Å²) in [5.74, 6) is -1.25. The fourth-order valence-electron chi connectivity index (χ4n) is 1.63. The number of carbonyl (C=O) groups is 2. The second kappa shape index (κ2) is 6.17. The number of carbonyl (C=O) groups excluding carboxylic acids is 1. The minimum atomic E-state index is -1.05. The predicted octanol–water partition coefficient (Wildman–Crippen LogP) is 1.93. The number of aryl methyl sites for hydroxylation is 2. The molecule has 0 aromatic carbocycles. The zero-order valence-corrected chi connectivity index (χ0v) is 11.5. The lowest BCUT2D eigenvalue weighted by molar-refractivity contribution is -0.140. The average Bonchev–Trinajstić information content (AvgIpc) is 2.29. The van der Waals surface area contributed by atoms with Gasteiger partial charge in [0.15, 0.2) is 0 Å². The largest absolute Gasteiger partial charge is 0.480 e. The Hall–Kier alpha value is -2.11. The highest BCUT2D eigenvalue weighted by Crippen LogP contribution is 2.12. The number of nitrogens with one attached hydrogen (secondary N) is 2. The summed E-state index contributed by atoms with van der Waals surface area (Å²) in [5.41, 5.74) is 2.11. The summed E-state index contributed by atoms with van der Waals surface area (Å²) >= 11 is 0. The van der Waals surface area contributed by atoms with E-state index in [0.29, 0.717) is 11.4 Å². The molecule has 0 unspecified atom stereocenters. The first-order chi connectivity index (χ1) is 8.81. The third kappa shape index (κ3) is 4.24. The number of urea groups is 1. The van der Waals surface area contributed by atoms with Crippen LogP contribution in [0.5, 0.6) is 0 Å². The van der Waals surface area contributed by atoms with Crippen LogP contribution in [0.2, 0.25) is 0 Å².